The third kappa shape index (κ3) is 3.82. The predicted molar refractivity (Wildman–Crippen MR) is 82.2 cm³/mol. The van der Waals surface area contributed by atoms with Crippen LogP contribution in [0.15, 0.2) is 41.8 Å². The van der Waals surface area contributed by atoms with E-state index in [2.05, 4.69) is 23.6 Å². The molecule has 2 rings (SSSR count). The molecule has 106 valence electrons. The third-order valence-electron chi connectivity index (χ3n) is 2.88. The van der Waals surface area contributed by atoms with Crippen LogP contribution in [0.1, 0.15) is 28.2 Å². The number of anilines is 1. The van der Waals surface area contributed by atoms with E-state index in [-0.39, 0.29) is 25.1 Å². The summed E-state index contributed by atoms with van der Waals surface area (Å²) in [6.45, 7) is 2.30. The molecule has 0 fully saturated rings. The minimum absolute atomic E-state index is 0.0565. The molecular weight excluding hydrogens is 272 g/mol. The molecule has 0 saturated heterocycles. The maximum Gasteiger partial charge on any atom is 0.251 e. The van der Waals surface area contributed by atoms with Crippen molar-refractivity contribution in [3.63, 3.8) is 0 Å². The van der Waals surface area contributed by atoms with Gasteiger partial charge in [0.15, 0.2) is 0 Å². The Morgan fingerprint density at radius 3 is 2.90 bits per heavy atom. The summed E-state index contributed by atoms with van der Waals surface area (Å²) in [6.07, 6.45) is 0. The van der Waals surface area contributed by atoms with Gasteiger partial charge in [-0.1, -0.05) is 12.1 Å². The van der Waals surface area contributed by atoms with Crippen LogP contribution < -0.4 is 10.6 Å². The number of carbonyl (C=O) groups is 1. The molecule has 0 aliphatic rings. The predicted octanol–water partition coefficient (Wildman–Crippen LogP) is 2.64. The second-order valence-electron chi connectivity index (χ2n) is 4.44. The highest BCUT2D eigenvalue weighted by molar-refractivity contribution is 7.10. The molecule has 0 aliphatic heterocycles. The van der Waals surface area contributed by atoms with E-state index in [0.717, 1.165) is 5.69 Å². The second kappa shape index (κ2) is 7.07. The van der Waals surface area contributed by atoms with Crippen LogP contribution >= 0.6 is 11.3 Å². The molecule has 1 aromatic heterocycles. The summed E-state index contributed by atoms with van der Waals surface area (Å²) in [5.41, 5.74) is 1.49. The Hall–Kier alpha value is -1.85. The van der Waals surface area contributed by atoms with Gasteiger partial charge in [-0.25, -0.2) is 0 Å². The van der Waals surface area contributed by atoms with E-state index in [1.807, 2.05) is 29.6 Å². The van der Waals surface area contributed by atoms with Crippen molar-refractivity contribution in [3.05, 3.63) is 52.2 Å². The molecule has 0 spiro atoms. The molecule has 0 bridgehead atoms. The largest absolute Gasteiger partial charge is 0.395 e. The van der Waals surface area contributed by atoms with Gasteiger partial charge < -0.3 is 15.7 Å². The quantitative estimate of drug-likeness (QED) is 0.766. The molecule has 1 heterocycles. The van der Waals surface area contributed by atoms with Crippen LogP contribution in [0.5, 0.6) is 0 Å². The Balaban J connectivity index is 2.04. The van der Waals surface area contributed by atoms with Crippen molar-refractivity contribution in [2.45, 2.75) is 13.0 Å². The monoisotopic (exact) mass is 290 g/mol. The van der Waals surface area contributed by atoms with Crippen LogP contribution in [-0.4, -0.2) is 24.2 Å². The highest BCUT2D eigenvalue weighted by atomic mass is 32.1. The van der Waals surface area contributed by atoms with Crippen molar-refractivity contribution in [1.29, 1.82) is 0 Å². The van der Waals surface area contributed by atoms with Gasteiger partial charge in [0, 0.05) is 22.7 Å². The topological polar surface area (TPSA) is 61.4 Å². The number of hydrogen-bond acceptors (Lipinski definition) is 4. The molecule has 3 N–H and O–H groups in total. The Kier molecular flexibility index (Phi) is 5.15. The van der Waals surface area contributed by atoms with Gasteiger partial charge >= 0.3 is 0 Å². The number of aliphatic hydroxyl groups is 1. The van der Waals surface area contributed by atoms with E-state index in [0.29, 0.717) is 5.56 Å². The average Bonchev–Trinajstić information content (AvgIpc) is 2.99. The molecule has 4 nitrogen and oxygen atoms in total. The molecule has 1 atom stereocenters. The van der Waals surface area contributed by atoms with E-state index < -0.39 is 0 Å². The smallest absolute Gasteiger partial charge is 0.251 e. The lowest BCUT2D eigenvalue weighted by molar-refractivity contribution is 0.0945. The summed E-state index contributed by atoms with van der Waals surface area (Å²) in [7, 11) is 0. The first kappa shape index (κ1) is 14.6. The first-order valence-electron chi connectivity index (χ1n) is 6.50. The van der Waals surface area contributed by atoms with Gasteiger partial charge in [-0.15, -0.1) is 11.3 Å². The lowest BCUT2D eigenvalue weighted by Crippen LogP contribution is -2.26. The molecule has 5 heteroatoms. The van der Waals surface area contributed by atoms with Gasteiger partial charge in [0.1, 0.15) is 0 Å². The Labute approximate surface area is 122 Å². The van der Waals surface area contributed by atoms with E-state index in [4.69, 9.17) is 5.11 Å². The Morgan fingerprint density at radius 1 is 1.35 bits per heavy atom. The van der Waals surface area contributed by atoms with Gasteiger partial charge in [0.2, 0.25) is 0 Å². The van der Waals surface area contributed by atoms with Crippen molar-refractivity contribution in [3.8, 4) is 0 Å². The first-order chi connectivity index (χ1) is 9.70. The van der Waals surface area contributed by atoms with Gasteiger partial charge in [-0.3, -0.25) is 4.79 Å². The SMILES string of the molecule is CC(Nc1cccc(C(=O)NCCO)c1)c1cccs1. The zero-order valence-electron chi connectivity index (χ0n) is 11.3. The number of aliphatic hydroxyl groups excluding tert-OH is 1. The van der Waals surface area contributed by atoms with E-state index >= 15 is 0 Å². The second-order valence-corrected chi connectivity index (χ2v) is 5.42. The van der Waals surface area contributed by atoms with E-state index in [9.17, 15) is 4.79 Å². The summed E-state index contributed by atoms with van der Waals surface area (Å²) in [6, 6.07) is 11.7. The molecule has 20 heavy (non-hydrogen) atoms. The molecule has 0 aliphatic carbocycles. The summed E-state index contributed by atoms with van der Waals surface area (Å²) in [5.74, 6) is -0.175. The van der Waals surface area contributed by atoms with Crippen molar-refractivity contribution in [2.75, 3.05) is 18.5 Å². The fourth-order valence-electron chi connectivity index (χ4n) is 1.88. The Bertz CT molecular complexity index is 555. The summed E-state index contributed by atoms with van der Waals surface area (Å²) in [5, 5.41) is 16.8. The summed E-state index contributed by atoms with van der Waals surface area (Å²) in [4.78, 5) is 13.1. The van der Waals surface area contributed by atoms with Crippen molar-refractivity contribution in [2.24, 2.45) is 0 Å². The number of hydrogen-bond donors (Lipinski definition) is 3. The molecule has 0 radical (unpaired) electrons. The average molecular weight is 290 g/mol. The lowest BCUT2D eigenvalue weighted by Gasteiger charge is -2.14. The zero-order valence-corrected chi connectivity index (χ0v) is 12.1. The van der Waals surface area contributed by atoms with Crippen LogP contribution in [0.25, 0.3) is 0 Å². The van der Waals surface area contributed by atoms with Gasteiger partial charge in [-0.05, 0) is 36.6 Å². The molecular formula is C15H18N2O2S. The number of carbonyl (C=O) groups excluding carboxylic acids is 1. The number of rotatable bonds is 6. The molecule has 1 amide bonds. The van der Waals surface area contributed by atoms with Crippen LogP contribution in [0.4, 0.5) is 5.69 Å². The first-order valence-corrected chi connectivity index (χ1v) is 7.37. The number of nitrogens with one attached hydrogen (secondary N) is 2. The number of amides is 1. The van der Waals surface area contributed by atoms with Crippen LogP contribution in [-0.2, 0) is 0 Å². The zero-order chi connectivity index (χ0) is 14.4. The normalized spacial score (nSPS) is 11.9. The third-order valence-corrected chi connectivity index (χ3v) is 3.93. The summed E-state index contributed by atoms with van der Waals surface area (Å²) >= 11 is 1.70. The number of thiophene rings is 1. The Morgan fingerprint density at radius 2 is 2.20 bits per heavy atom. The highest BCUT2D eigenvalue weighted by Crippen LogP contribution is 2.23. The van der Waals surface area contributed by atoms with Gasteiger partial charge in [0.05, 0.1) is 12.6 Å². The van der Waals surface area contributed by atoms with Crippen molar-refractivity contribution < 1.29 is 9.90 Å². The maximum atomic E-state index is 11.8. The van der Waals surface area contributed by atoms with E-state index in [1.54, 1.807) is 17.4 Å². The van der Waals surface area contributed by atoms with Gasteiger partial charge in [-0.2, -0.15) is 0 Å². The highest BCUT2D eigenvalue weighted by Gasteiger charge is 2.08. The summed E-state index contributed by atoms with van der Waals surface area (Å²) < 4.78 is 0. The van der Waals surface area contributed by atoms with Crippen molar-refractivity contribution >= 4 is 22.9 Å². The standard InChI is InChI=1S/C15H18N2O2S/c1-11(14-6-3-9-20-14)17-13-5-2-4-12(10-13)15(19)16-7-8-18/h2-6,9-11,17-18H,7-8H2,1H3,(H,16,19). The molecule has 0 saturated carbocycles. The van der Waals surface area contributed by atoms with Crippen LogP contribution in [0.3, 0.4) is 0 Å². The maximum absolute atomic E-state index is 11.8. The van der Waals surface area contributed by atoms with Gasteiger partial charge in [0.25, 0.3) is 5.91 Å². The molecule has 1 unspecified atom stereocenters. The van der Waals surface area contributed by atoms with Crippen LogP contribution in [0.2, 0.25) is 0 Å². The molecule has 1 aromatic carbocycles. The minimum atomic E-state index is -0.175. The molecule has 2 aromatic rings. The number of benzene rings is 1. The van der Waals surface area contributed by atoms with E-state index in [1.165, 1.54) is 4.88 Å². The van der Waals surface area contributed by atoms with Crippen molar-refractivity contribution in [1.82, 2.24) is 5.32 Å². The van der Waals surface area contributed by atoms with Crippen LogP contribution in [0, 0.1) is 0 Å². The fraction of sp³-hybridized carbons (Fsp3) is 0.267. The fourth-order valence-corrected chi connectivity index (χ4v) is 2.61. The minimum Gasteiger partial charge on any atom is -0.395 e. The lowest BCUT2D eigenvalue weighted by atomic mass is 10.1.